The van der Waals surface area contributed by atoms with Crippen molar-refractivity contribution in [3.8, 4) is 0 Å². The molecule has 1 aromatic rings. The van der Waals surface area contributed by atoms with Crippen molar-refractivity contribution in [1.82, 2.24) is 9.88 Å². The summed E-state index contributed by atoms with van der Waals surface area (Å²) >= 11 is 2.71. The lowest BCUT2D eigenvalue weighted by Gasteiger charge is -2.23. The van der Waals surface area contributed by atoms with Crippen molar-refractivity contribution in [3.63, 3.8) is 0 Å². The quantitative estimate of drug-likeness (QED) is 0.249. The summed E-state index contributed by atoms with van der Waals surface area (Å²) in [4.78, 5) is 28.9. The van der Waals surface area contributed by atoms with Gasteiger partial charge in [-0.15, -0.1) is 11.3 Å². The van der Waals surface area contributed by atoms with Gasteiger partial charge in [0.2, 0.25) is 0 Å². The number of ether oxygens (including phenoxy) is 1. The molecule has 1 fully saturated rings. The van der Waals surface area contributed by atoms with E-state index in [1.807, 2.05) is 26.0 Å². The first-order chi connectivity index (χ1) is 14.2. The Balaban J connectivity index is 1.84. The standard InChI is InChI=1S/C21H32N2O5S2/c1-4-5-6-7-10-21(3,27)11-8-9-17-15(2)28-20(26)23(17)12-13-29-19-22-16(14-30-19)18(24)25/h8-9,14-15,17,27H,4-7,10-13H2,1-3H3,(H,24,25)/t15-,17-,21?/m0/s1. The maximum absolute atomic E-state index is 12.2. The van der Waals surface area contributed by atoms with Crippen molar-refractivity contribution in [2.24, 2.45) is 0 Å². The lowest BCUT2D eigenvalue weighted by atomic mass is 9.94. The molecule has 7 nitrogen and oxygen atoms in total. The molecule has 1 aromatic heterocycles. The molecule has 168 valence electrons. The molecule has 0 radical (unpaired) electrons. The first-order valence-electron chi connectivity index (χ1n) is 10.4. The predicted molar refractivity (Wildman–Crippen MR) is 119 cm³/mol. The smallest absolute Gasteiger partial charge is 0.410 e. The topological polar surface area (TPSA) is 100.0 Å². The van der Waals surface area contributed by atoms with Gasteiger partial charge in [-0.1, -0.05) is 56.5 Å². The molecular weight excluding hydrogens is 424 g/mol. The Labute approximate surface area is 186 Å². The number of aromatic nitrogens is 1. The van der Waals surface area contributed by atoms with Crippen molar-refractivity contribution in [3.05, 3.63) is 23.2 Å². The van der Waals surface area contributed by atoms with E-state index in [1.165, 1.54) is 41.3 Å². The highest BCUT2D eigenvalue weighted by Gasteiger charge is 2.37. The fourth-order valence-electron chi connectivity index (χ4n) is 3.32. The largest absolute Gasteiger partial charge is 0.476 e. The van der Waals surface area contributed by atoms with Gasteiger partial charge in [-0.2, -0.15) is 0 Å². The van der Waals surface area contributed by atoms with Crippen LogP contribution in [0.4, 0.5) is 4.79 Å². The van der Waals surface area contributed by atoms with E-state index in [0.717, 1.165) is 19.3 Å². The number of hydrogen-bond acceptors (Lipinski definition) is 7. The number of carbonyl (C=O) groups excluding carboxylic acids is 1. The van der Waals surface area contributed by atoms with Gasteiger partial charge in [0, 0.05) is 17.7 Å². The summed E-state index contributed by atoms with van der Waals surface area (Å²) in [6.07, 6.45) is 9.10. The SMILES string of the molecule is CCCCCCC(C)(O)CC=C[C@H]1[C@H](C)OC(=O)N1CCSc1nc(C(=O)O)cs1. The molecular formula is C21H32N2O5S2. The molecule has 0 spiro atoms. The summed E-state index contributed by atoms with van der Waals surface area (Å²) in [5.74, 6) is -0.449. The van der Waals surface area contributed by atoms with Crippen LogP contribution in [0.25, 0.3) is 0 Å². The van der Waals surface area contributed by atoms with Gasteiger partial charge in [0.05, 0.1) is 11.6 Å². The molecule has 1 unspecified atom stereocenters. The van der Waals surface area contributed by atoms with E-state index >= 15 is 0 Å². The van der Waals surface area contributed by atoms with Crippen molar-refractivity contribution >= 4 is 35.2 Å². The summed E-state index contributed by atoms with van der Waals surface area (Å²) in [5.41, 5.74) is -0.705. The highest BCUT2D eigenvalue weighted by Crippen LogP contribution is 2.26. The number of aromatic carboxylic acids is 1. The van der Waals surface area contributed by atoms with Crippen LogP contribution in [0.15, 0.2) is 21.9 Å². The number of nitrogens with zero attached hydrogens (tertiary/aromatic N) is 2. The average molecular weight is 457 g/mol. The van der Waals surface area contributed by atoms with Gasteiger partial charge in [-0.25, -0.2) is 14.6 Å². The van der Waals surface area contributed by atoms with Crippen molar-refractivity contribution in [2.75, 3.05) is 12.3 Å². The molecule has 1 saturated heterocycles. The van der Waals surface area contributed by atoms with E-state index in [-0.39, 0.29) is 23.9 Å². The van der Waals surface area contributed by atoms with E-state index in [2.05, 4.69) is 11.9 Å². The molecule has 1 amide bonds. The average Bonchev–Trinajstić information content (AvgIpc) is 3.25. The molecule has 0 aromatic carbocycles. The van der Waals surface area contributed by atoms with Crippen molar-refractivity contribution in [1.29, 1.82) is 0 Å². The van der Waals surface area contributed by atoms with Crippen LogP contribution in [0.3, 0.4) is 0 Å². The third-order valence-electron chi connectivity index (χ3n) is 5.08. The summed E-state index contributed by atoms with van der Waals surface area (Å²) in [7, 11) is 0. The third kappa shape index (κ3) is 7.59. The van der Waals surface area contributed by atoms with E-state index in [1.54, 1.807) is 4.90 Å². The van der Waals surface area contributed by atoms with Gasteiger partial charge in [-0.3, -0.25) is 4.90 Å². The zero-order chi connectivity index (χ0) is 22.1. The summed E-state index contributed by atoms with van der Waals surface area (Å²) in [6.45, 7) is 6.36. The normalized spacial score (nSPS) is 21.2. The van der Waals surface area contributed by atoms with Crippen LogP contribution in [-0.4, -0.2) is 62.2 Å². The fraction of sp³-hybridized carbons (Fsp3) is 0.667. The van der Waals surface area contributed by atoms with Gasteiger partial charge < -0.3 is 14.9 Å². The third-order valence-corrected chi connectivity index (χ3v) is 7.08. The van der Waals surface area contributed by atoms with Crippen molar-refractivity contribution in [2.45, 2.75) is 81.4 Å². The van der Waals surface area contributed by atoms with Crippen LogP contribution in [0, 0.1) is 0 Å². The minimum Gasteiger partial charge on any atom is -0.476 e. The number of cyclic esters (lactones) is 1. The minimum atomic E-state index is -1.04. The van der Waals surface area contributed by atoms with Crippen LogP contribution in [-0.2, 0) is 4.74 Å². The van der Waals surface area contributed by atoms with Crippen LogP contribution < -0.4 is 0 Å². The number of hydrogen-bond donors (Lipinski definition) is 2. The second-order valence-corrected chi connectivity index (χ2v) is 10.1. The van der Waals surface area contributed by atoms with Gasteiger partial charge in [0.25, 0.3) is 0 Å². The van der Waals surface area contributed by atoms with Crippen LogP contribution in [0.5, 0.6) is 0 Å². The molecule has 1 aliphatic heterocycles. The Bertz CT molecular complexity index is 735. The van der Waals surface area contributed by atoms with Crippen LogP contribution in [0.2, 0.25) is 0 Å². The molecule has 9 heteroatoms. The number of carboxylic acids is 1. The van der Waals surface area contributed by atoms with Crippen molar-refractivity contribution < 1.29 is 24.5 Å². The van der Waals surface area contributed by atoms with Gasteiger partial charge in [0.1, 0.15) is 6.10 Å². The lowest BCUT2D eigenvalue weighted by Crippen LogP contribution is -2.36. The monoisotopic (exact) mass is 456 g/mol. The molecule has 2 N–H and O–H groups in total. The number of unbranched alkanes of at least 4 members (excludes halogenated alkanes) is 3. The molecule has 3 atom stereocenters. The number of carbonyl (C=O) groups is 2. The van der Waals surface area contributed by atoms with Crippen LogP contribution in [0.1, 0.15) is 69.8 Å². The first-order valence-corrected chi connectivity index (χ1v) is 12.3. The zero-order valence-corrected chi connectivity index (χ0v) is 19.5. The molecule has 0 bridgehead atoms. The fourth-order valence-corrected chi connectivity index (χ4v) is 5.13. The Hall–Kier alpha value is -1.58. The molecule has 1 aliphatic rings. The number of carboxylic acid groups (broad SMARTS) is 1. The number of thiazole rings is 1. The maximum Gasteiger partial charge on any atom is 0.410 e. The summed E-state index contributed by atoms with van der Waals surface area (Å²) < 4.78 is 6.04. The molecule has 0 aliphatic carbocycles. The Morgan fingerprint density at radius 2 is 2.20 bits per heavy atom. The highest BCUT2D eigenvalue weighted by molar-refractivity contribution is 8.01. The molecule has 0 saturated carbocycles. The van der Waals surface area contributed by atoms with E-state index in [4.69, 9.17) is 9.84 Å². The van der Waals surface area contributed by atoms with E-state index < -0.39 is 11.6 Å². The highest BCUT2D eigenvalue weighted by atomic mass is 32.2. The Morgan fingerprint density at radius 1 is 1.43 bits per heavy atom. The predicted octanol–water partition coefficient (Wildman–Crippen LogP) is 4.81. The van der Waals surface area contributed by atoms with E-state index in [0.29, 0.717) is 23.1 Å². The first kappa shape index (κ1) is 24.7. The zero-order valence-electron chi connectivity index (χ0n) is 17.9. The number of amides is 1. The van der Waals surface area contributed by atoms with Gasteiger partial charge in [0.15, 0.2) is 10.0 Å². The molecule has 2 heterocycles. The maximum atomic E-state index is 12.2. The second-order valence-electron chi connectivity index (χ2n) is 7.87. The van der Waals surface area contributed by atoms with E-state index in [9.17, 15) is 14.7 Å². The Morgan fingerprint density at radius 3 is 2.87 bits per heavy atom. The number of thioether (sulfide) groups is 1. The summed E-state index contributed by atoms with van der Waals surface area (Å²) in [6, 6.07) is -0.181. The number of aliphatic hydroxyl groups is 1. The second kappa shape index (κ2) is 11.7. The minimum absolute atomic E-state index is 0.0410. The molecule has 30 heavy (non-hydrogen) atoms. The lowest BCUT2D eigenvalue weighted by molar-refractivity contribution is 0.0510. The van der Waals surface area contributed by atoms with Gasteiger partial charge in [-0.05, 0) is 26.7 Å². The Kier molecular flexibility index (Phi) is 9.64. The molecule has 2 rings (SSSR count). The van der Waals surface area contributed by atoms with Gasteiger partial charge >= 0.3 is 12.1 Å². The number of rotatable bonds is 13. The van der Waals surface area contributed by atoms with Crippen LogP contribution >= 0.6 is 23.1 Å². The summed E-state index contributed by atoms with van der Waals surface area (Å²) in [5, 5.41) is 21.0.